The number of rotatable bonds is 3. The van der Waals surface area contributed by atoms with Gasteiger partial charge in [0.05, 0.1) is 11.8 Å². The predicted molar refractivity (Wildman–Crippen MR) is 53.8 cm³/mol. The maximum absolute atomic E-state index is 10.9. The highest BCUT2D eigenvalue weighted by Crippen LogP contribution is 2.24. The summed E-state index contributed by atoms with van der Waals surface area (Å²) in [5.74, 6) is -1.83. The van der Waals surface area contributed by atoms with Crippen molar-refractivity contribution >= 4 is 17.3 Å². The third-order valence-corrected chi connectivity index (χ3v) is 1.94. The van der Waals surface area contributed by atoms with Gasteiger partial charge >= 0.3 is 0 Å². The molecule has 1 amide bonds. The fourth-order valence-electron chi connectivity index (χ4n) is 1.19. The lowest BCUT2D eigenvalue weighted by atomic mass is 9.98. The number of amides is 1. The molecule has 0 saturated heterocycles. The molecule has 78 valence electrons. The highest BCUT2D eigenvalue weighted by atomic mass is 16.5. The SMILES string of the molecule is N#CC(C(N)=O)c1ccc(NO)cc1N. The second-order valence-electron chi connectivity index (χ2n) is 2.92. The number of nitrogen functional groups attached to an aromatic ring is 1. The average Bonchev–Trinajstić information content (AvgIpc) is 2.20. The number of nitrogens with two attached hydrogens (primary N) is 2. The van der Waals surface area contributed by atoms with Crippen LogP contribution < -0.4 is 16.9 Å². The van der Waals surface area contributed by atoms with Gasteiger partial charge in [0.1, 0.15) is 0 Å². The summed E-state index contributed by atoms with van der Waals surface area (Å²) >= 11 is 0. The molecule has 0 aromatic heterocycles. The van der Waals surface area contributed by atoms with Gasteiger partial charge in [-0.15, -0.1) is 0 Å². The third-order valence-electron chi connectivity index (χ3n) is 1.94. The molecule has 1 rings (SSSR count). The summed E-state index contributed by atoms with van der Waals surface area (Å²) < 4.78 is 0. The van der Waals surface area contributed by atoms with Crippen molar-refractivity contribution < 1.29 is 10.0 Å². The van der Waals surface area contributed by atoms with E-state index in [1.165, 1.54) is 18.2 Å². The number of primary amides is 1. The molecule has 0 heterocycles. The molecule has 1 aromatic rings. The second-order valence-corrected chi connectivity index (χ2v) is 2.92. The highest BCUT2D eigenvalue weighted by molar-refractivity contribution is 5.87. The highest BCUT2D eigenvalue weighted by Gasteiger charge is 2.19. The van der Waals surface area contributed by atoms with Crippen LogP contribution in [0, 0.1) is 11.3 Å². The number of carbonyl (C=O) groups is 1. The van der Waals surface area contributed by atoms with E-state index in [1.54, 1.807) is 6.07 Å². The quantitative estimate of drug-likeness (QED) is 0.414. The summed E-state index contributed by atoms with van der Waals surface area (Å²) in [7, 11) is 0. The lowest BCUT2D eigenvalue weighted by molar-refractivity contribution is -0.118. The third kappa shape index (κ3) is 2.15. The zero-order valence-corrected chi connectivity index (χ0v) is 7.77. The zero-order chi connectivity index (χ0) is 11.4. The van der Waals surface area contributed by atoms with E-state index in [9.17, 15) is 4.79 Å². The van der Waals surface area contributed by atoms with Gasteiger partial charge in [-0.2, -0.15) is 5.26 Å². The lowest BCUT2D eigenvalue weighted by Gasteiger charge is -2.09. The minimum absolute atomic E-state index is 0.222. The number of hydrogen-bond donors (Lipinski definition) is 4. The van der Waals surface area contributed by atoms with E-state index in [1.807, 2.05) is 5.48 Å². The maximum Gasteiger partial charge on any atom is 0.239 e. The van der Waals surface area contributed by atoms with E-state index in [-0.39, 0.29) is 5.69 Å². The molecule has 6 heteroatoms. The Morgan fingerprint density at radius 3 is 2.67 bits per heavy atom. The summed E-state index contributed by atoms with van der Waals surface area (Å²) in [4.78, 5) is 10.9. The van der Waals surface area contributed by atoms with Crippen molar-refractivity contribution in [3.05, 3.63) is 23.8 Å². The van der Waals surface area contributed by atoms with Crippen LogP contribution in [-0.4, -0.2) is 11.1 Å². The minimum atomic E-state index is -1.07. The molecule has 0 bridgehead atoms. The van der Waals surface area contributed by atoms with E-state index >= 15 is 0 Å². The van der Waals surface area contributed by atoms with Crippen molar-refractivity contribution in [3.63, 3.8) is 0 Å². The van der Waals surface area contributed by atoms with Crippen molar-refractivity contribution in [1.82, 2.24) is 0 Å². The Labute approximate surface area is 86.1 Å². The summed E-state index contributed by atoms with van der Waals surface area (Å²) in [6, 6.07) is 6.11. The van der Waals surface area contributed by atoms with Crippen molar-refractivity contribution in [3.8, 4) is 6.07 Å². The summed E-state index contributed by atoms with van der Waals surface area (Å²) in [5.41, 5.74) is 13.5. The van der Waals surface area contributed by atoms with Gasteiger partial charge in [0.15, 0.2) is 5.92 Å². The number of anilines is 2. The lowest BCUT2D eigenvalue weighted by Crippen LogP contribution is -2.21. The first-order valence-electron chi connectivity index (χ1n) is 4.08. The molecule has 6 nitrogen and oxygen atoms in total. The van der Waals surface area contributed by atoms with E-state index < -0.39 is 11.8 Å². The van der Waals surface area contributed by atoms with Crippen LogP contribution in [0.15, 0.2) is 18.2 Å². The largest absolute Gasteiger partial charge is 0.398 e. The molecule has 0 aliphatic rings. The van der Waals surface area contributed by atoms with Gasteiger partial charge in [-0.3, -0.25) is 15.5 Å². The molecule has 0 spiro atoms. The Balaban J connectivity index is 3.16. The van der Waals surface area contributed by atoms with Gasteiger partial charge in [-0.1, -0.05) is 6.07 Å². The van der Waals surface area contributed by atoms with Crippen molar-refractivity contribution in [2.45, 2.75) is 5.92 Å². The van der Waals surface area contributed by atoms with Crippen molar-refractivity contribution in [1.29, 1.82) is 5.26 Å². The van der Waals surface area contributed by atoms with Crippen LogP contribution >= 0.6 is 0 Å². The number of nitriles is 1. The van der Waals surface area contributed by atoms with Crippen LogP contribution in [0.4, 0.5) is 11.4 Å². The van der Waals surface area contributed by atoms with Crippen LogP contribution in [0.3, 0.4) is 0 Å². The van der Waals surface area contributed by atoms with Gasteiger partial charge in [0, 0.05) is 11.3 Å². The molecule has 1 aromatic carbocycles. The summed E-state index contributed by atoms with van der Waals surface area (Å²) in [5, 5.41) is 17.3. The molecule has 1 atom stereocenters. The average molecular weight is 206 g/mol. The Morgan fingerprint density at radius 1 is 1.60 bits per heavy atom. The Morgan fingerprint density at radius 2 is 2.27 bits per heavy atom. The zero-order valence-electron chi connectivity index (χ0n) is 7.77. The van der Waals surface area contributed by atoms with Gasteiger partial charge in [0.2, 0.25) is 5.91 Å². The molecule has 0 radical (unpaired) electrons. The Kier molecular flexibility index (Phi) is 3.10. The van der Waals surface area contributed by atoms with E-state index in [2.05, 4.69) is 0 Å². The number of hydrogen-bond acceptors (Lipinski definition) is 5. The fourth-order valence-corrected chi connectivity index (χ4v) is 1.19. The van der Waals surface area contributed by atoms with Crippen molar-refractivity contribution in [2.24, 2.45) is 5.73 Å². The van der Waals surface area contributed by atoms with Crippen LogP contribution in [0.1, 0.15) is 11.5 Å². The molecule has 6 N–H and O–H groups in total. The molecular formula is C9H10N4O2. The first-order chi connectivity index (χ1) is 7.10. The van der Waals surface area contributed by atoms with Gasteiger partial charge in [0.25, 0.3) is 0 Å². The minimum Gasteiger partial charge on any atom is -0.398 e. The standard InChI is InChI=1S/C9H10N4O2/c10-4-7(9(12)14)6-2-1-5(13-15)3-8(6)11/h1-3,7,13,15H,11H2,(H2,12,14). The number of carbonyl (C=O) groups excluding carboxylic acids is 1. The molecule has 0 saturated carbocycles. The smallest absolute Gasteiger partial charge is 0.239 e. The number of nitrogens with one attached hydrogen (secondary N) is 1. The normalized spacial score (nSPS) is 11.5. The van der Waals surface area contributed by atoms with Crippen LogP contribution in [0.25, 0.3) is 0 Å². The first kappa shape index (κ1) is 10.8. The van der Waals surface area contributed by atoms with Crippen LogP contribution in [0.2, 0.25) is 0 Å². The molecule has 0 aliphatic carbocycles. The number of nitrogens with zero attached hydrogens (tertiary/aromatic N) is 1. The Bertz CT molecular complexity index is 425. The Hall–Kier alpha value is -2.26. The van der Waals surface area contributed by atoms with E-state index in [0.717, 1.165) is 0 Å². The molecule has 0 fully saturated rings. The monoisotopic (exact) mass is 206 g/mol. The van der Waals surface area contributed by atoms with Gasteiger partial charge < -0.3 is 11.5 Å². The molecule has 1 unspecified atom stereocenters. The van der Waals surface area contributed by atoms with Crippen LogP contribution in [-0.2, 0) is 4.79 Å². The van der Waals surface area contributed by atoms with Gasteiger partial charge in [-0.05, 0) is 12.1 Å². The summed E-state index contributed by atoms with van der Waals surface area (Å²) in [6.45, 7) is 0. The maximum atomic E-state index is 10.9. The molecule has 15 heavy (non-hydrogen) atoms. The van der Waals surface area contributed by atoms with Crippen molar-refractivity contribution in [2.75, 3.05) is 11.2 Å². The fraction of sp³-hybridized carbons (Fsp3) is 0.111. The summed E-state index contributed by atoms with van der Waals surface area (Å²) in [6.07, 6.45) is 0. The number of benzene rings is 1. The predicted octanol–water partition coefficient (Wildman–Crippen LogP) is 0.162. The van der Waals surface area contributed by atoms with E-state index in [0.29, 0.717) is 11.3 Å². The first-order valence-corrected chi connectivity index (χ1v) is 4.08. The molecular weight excluding hydrogens is 196 g/mol. The molecule has 0 aliphatic heterocycles. The second kappa shape index (κ2) is 4.30. The van der Waals surface area contributed by atoms with Gasteiger partial charge in [-0.25, -0.2) is 0 Å². The topological polar surface area (TPSA) is 125 Å². The van der Waals surface area contributed by atoms with Crippen LogP contribution in [0.5, 0.6) is 0 Å². The van der Waals surface area contributed by atoms with E-state index in [4.69, 9.17) is 21.9 Å².